The standard InChI is InChI=1S/C15H21N3OS/c1-18(10-11-5-3-2-4-6-11)15(19)13-8-7-12(9-17-13)14(16)20/h7-9,11H,2-6,10H2,1H3,(H2,16,20). The monoisotopic (exact) mass is 291 g/mol. The third-order valence-corrected chi connectivity index (χ3v) is 4.11. The fourth-order valence-corrected chi connectivity index (χ4v) is 2.82. The first-order chi connectivity index (χ1) is 9.58. The average Bonchev–Trinajstić information content (AvgIpc) is 2.47. The van der Waals surface area contributed by atoms with Crippen molar-refractivity contribution in [3.8, 4) is 0 Å². The van der Waals surface area contributed by atoms with Crippen LogP contribution in [0.5, 0.6) is 0 Å². The van der Waals surface area contributed by atoms with Crippen molar-refractivity contribution in [3.63, 3.8) is 0 Å². The highest BCUT2D eigenvalue weighted by molar-refractivity contribution is 7.80. The van der Waals surface area contributed by atoms with Crippen molar-refractivity contribution in [2.24, 2.45) is 11.7 Å². The first-order valence-corrected chi connectivity index (χ1v) is 7.50. The predicted molar refractivity (Wildman–Crippen MR) is 83.7 cm³/mol. The zero-order chi connectivity index (χ0) is 14.5. The third kappa shape index (κ3) is 3.76. The number of rotatable bonds is 4. The van der Waals surface area contributed by atoms with E-state index in [1.54, 1.807) is 23.2 Å². The largest absolute Gasteiger partial charge is 0.389 e. The van der Waals surface area contributed by atoms with Gasteiger partial charge < -0.3 is 10.6 Å². The van der Waals surface area contributed by atoms with E-state index < -0.39 is 0 Å². The number of carbonyl (C=O) groups is 1. The van der Waals surface area contributed by atoms with Crippen LogP contribution in [0.2, 0.25) is 0 Å². The van der Waals surface area contributed by atoms with Crippen LogP contribution in [0.1, 0.15) is 48.2 Å². The van der Waals surface area contributed by atoms with Crippen molar-refractivity contribution < 1.29 is 4.79 Å². The molecule has 0 aliphatic heterocycles. The van der Waals surface area contributed by atoms with Crippen LogP contribution in [0.3, 0.4) is 0 Å². The van der Waals surface area contributed by atoms with Crippen LogP contribution >= 0.6 is 12.2 Å². The predicted octanol–water partition coefficient (Wildman–Crippen LogP) is 2.37. The zero-order valence-electron chi connectivity index (χ0n) is 11.8. The summed E-state index contributed by atoms with van der Waals surface area (Å²) in [5, 5.41) is 0. The Morgan fingerprint density at radius 2 is 2.10 bits per heavy atom. The molecule has 1 aliphatic rings. The molecular weight excluding hydrogens is 270 g/mol. The molecule has 0 spiro atoms. The van der Waals surface area contributed by atoms with E-state index in [9.17, 15) is 4.79 Å². The molecule has 0 aromatic carbocycles. The number of hydrogen-bond acceptors (Lipinski definition) is 3. The number of aromatic nitrogens is 1. The lowest BCUT2D eigenvalue weighted by atomic mass is 9.89. The van der Waals surface area contributed by atoms with Crippen molar-refractivity contribution in [3.05, 3.63) is 29.6 Å². The quantitative estimate of drug-likeness (QED) is 0.865. The molecule has 1 amide bonds. The number of nitrogens with two attached hydrogens (primary N) is 1. The minimum atomic E-state index is -0.0370. The zero-order valence-corrected chi connectivity index (χ0v) is 12.7. The number of amides is 1. The molecule has 1 fully saturated rings. The van der Waals surface area contributed by atoms with Crippen LogP contribution in [0.15, 0.2) is 18.3 Å². The first-order valence-electron chi connectivity index (χ1n) is 7.09. The van der Waals surface area contributed by atoms with E-state index >= 15 is 0 Å². The molecule has 4 nitrogen and oxygen atoms in total. The fourth-order valence-electron chi connectivity index (χ4n) is 2.70. The van der Waals surface area contributed by atoms with E-state index in [1.165, 1.54) is 32.1 Å². The number of thiocarbonyl (C=S) groups is 1. The average molecular weight is 291 g/mol. The molecule has 0 bridgehead atoms. The Kier molecular flexibility index (Phi) is 5.06. The highest BCUT2D eigenvalue weighted by atomic mass is 32.1. The van der Waals surface area contributed by atoms with Gasteiger partial charge in [-0.05, 0) is 30.9 Å². The molecule has 0 unspecified atom stereocenters. The Bertz CT molecular complexity index is 480. The lowest BCUT2D eigenvalue weighted by Gasteiger charge is -2.26. The molecule has 0 saturated heterocycles. The van der Waals surface area contributed by atoms with Gasteiger partial charge in [0.15, 0.2) is 0 Å². The Morgan fingerprint density at radius 1 is 1.40 bits per heavy atom. The topological polar surface area (TPSA) is 59.2 Å². The fraction of sp³-hybridized carbons (Fsp3) is 0.533. The van der Waals surface area contributed by atoms with Gasteiger partial charge in [-0.2, -0.15) is 0 Å². The van der Waals surface area contributed by atoms with Gasteiger partial charge in [-0.15, -0.1) is 0 Å². The second kappa shape index (κ2) is 6.79. The van der Waals surface area contributed by atoms with Gasteiger partial charge in [0.25, 0.3) is 5.91 Å². The molecule has 1 heterocycles. The van der Waals surface area contributed by atoms with E-state index in [0.717, 1.165) is 6.54 Å². The van der Waals surface area contributed by atoms with Crippen LogP contribution in [0.4, 0.5) is 0 Å². The van der Waals surface area contributed by atoms with Gasteiger partial charge >= 0.3 is 0 Å². The molecule has 0 radical (unpaired) electrons. The molecule has 1 aromatic heterocycles. The van der Waals surface area contributed by atoms with Crippen LogP contribution in [0, 0.1) is 5.92 Å². The SMILES string of the molecule is CN(CC1CCCCC1)C(=O)c1ccc(C(N)=S)cn1. The molecule has 5 heteroatoms. The van der Waals surface area contributed by atoms with E-state index in [4.69, 9.17) is 18.0 Å². The smallest absolute Gasteiger partial charge is 0.272 e. The summed E-state index contributed by atoms with van der Waals surface area (Å²) < 4.78 is 0. The molecule has 1 saturated carbocycles. The van der Waals surface area contributed by atoms with Gasteiger partial charge in [0.1, 0.15) is 10.7 Å². The maximum absolute atomic E-state index is 12.3. The third-order valence-electron chi connectivity index (χ3n) is 3.87. The molecule has 1 aliphatic carbocycles. The molecule has 0 atom stereocenters. The Hall–Kier alpha value is -1.49. The normalized spacial score (nSPS) is 15.8. The van der Waals surface area contributed by atoms with Gasteiger partial charge in [0.05, 0.1) is 0 Å². The molecule has 20 heavy (non-hydrogen) atoms. The van der Waals surface area contributed by atoms with Crippen molar-refractivity contribution in [1.29, 1.82) is 0 Å². The summed E-state index contributed by atoms with van der Waals surface area (Å²) in [6, 6.07) is 3.44. The van der Waals surface area contributed by atoms with Gasteiger partial charge in [-0.25, -0.2) is 0 Å². The van der Waals surface area contributed by atoms with Crippen molar-refractivity contribution >= 4 is 23.1 Å². The van der Waals surface area contributed by atoms with Crippen molar-refractivity contribution in [2.75, 3.05) is 13.6 Å². The van der Waals surface area contributed by atoms with E-state index in [0.29, 0.717) is 22.2 Å². The number of nitrogens with zero attached hydrogens (tertiary/aromatic N) is 2. The molecular formula is C15H21N3OS. The minimum absolute atomic E-state index is 0.0370. The van der Waals surface area contributed by atoms with Gasteiger partial charge in [-0.1, -0.05) is 31.5 Å². The summed E-state index contributed by atoms with van der Waals surface area (Å²) in [5.41, 5.74) is 6.65. The molecule has 108 valence electrons. The van der Waals surface area contributed by atoms with Crippen LogP contribution in [-0.2, 0) is 0 Å². The van der Waals surface area contributed by atoms with E-state index in [-0.39, 0.29) is 5.91 Å². The Labute approximate surface area is 125 Å². The Morgan fingerprint density at radius 3 is 2.65 bits per heavy atom. The maximum atomic E-state index is 12.3. The van der Waals surface area contributed by atoms with Crippen LogP contribution in [-0.4, -0.2) is 34.4 Å². The van der Waals surface area contributed by atoms with Gasteiger partial charge in [-0.3, -0.25) is 9.78 Å². The summed E-state index contributed by atoms with van der Waals surface area (Å²) in [6.45, 7) is 0.817. The highest BCUT2D eigenvalue weighted by Crippen LogP contribution is 2.24. The first kappa shape index (κ1) is 14.9. The second-order valence-corrected chi connectivity index (χ2v) is 5.93. The maximum Gasteiger partial charge on any atom is 0.272 e. The van der Waals surface area contributed by atoms with E-state index in [2.05, 4.69) is 4.98 Å². The lowest BCUT2D eigenvalue weighted by Crippen LogP contribution is -2.33. The number of carbonyl (C=O) groups excluding carboxylic acids is 1. The Balaban J connectivity index is 1.96. The summed E-state index contributed by atoms with van der Waals surface area (Å²) in [7, 11) is 1.85. The lowest BCUT2D eigenvalue weighted by molar-refractivity contribution is 0.0755. The second-order valence-electron chi connectivity index (χ2n) is 5.49. The molecule has 1 aromatic rings. The van der Waals surface area contributed by atoms with Crippen molar-refractivity contribution in [1.82, 2.24) is 9.88 Å². The van der Waals surface area contributed by atoms with Crippen LogP contribution in [0.25, 0.3) is 0 Å². The summed E-state index contributed by atoms with van der Waals surface area (Å²) in [4.78, 5) is 18.5. The van der Waals surface area contributed by atoms with Crippen LogP contribution < -0.4 is 5.73 Å². The number of hydrogen-bond donors (Lipinski definition) is 1. The summed E-state index contributed by atoms with van der Waals surface area (Å²) >= 11 is 4.87. The number of pyridine rings is 1. The van der Waals surface area contributed by atoms with E-state index in [1.807, 2.05) is 7.05 Å². The molecule has 2 rings (SSSR count). The van der Waals surface area contributed by atoms with Gasteiger partial charge in [0, 0.05) is 25.4 Å². The minimum Gasteiger partial charge on any atom is -0.389 e. The highest BCUT2D eigenvalue weighted by Gasteiger charge is 2.19. The van der Waals surface area contributed by atoms with Crippen molar-refractivity contribution in [2.45, 2.75) is 32.1 Å². The van der Waals surface area contributed by atoms with Gasteiger partial charge in [0.2, 0.25) is 0 Å². The summed E-state index contributed by atoms with van der Waals surface area (Å²) in [6.07, 6.45) is 7.91. The summed E-state index contributed by atoms with van der Waals surface area (Å²) in [5.74, 6) is 0.596. The molecule has 2 N–H and O–H groups in total.